The number of amides is 1. The Labute approximate surface area is 110 Å². The summed E-state index contributed by atoms with van der Waals surface area (Å²) in [6.45, 7) is 2.80. The molecule has 0 radical (unpaired) electrons. The molecule has 0 bridgehead atoms. The summed E-state index contributed by atoms with van der Waals surface area (Å²) >= 11 is 0. The molecule has 0 aliphatic carbocycles. The van der Waals surface area contributed by atoms with Crippen molar-refractivity contribution in [2.24, 2.45) is 0 Å². The van der Waals surface area contributed by atoms with E-state index in [4.69, 9.17) is 4.74 Å². The third-order valence-electron chi connectivity index (χ3n) is 4.30. The Morgan fingerprint density at radius 3 is 2.83 bits per heavy atom. The fraction of sp³-hybridized carbons (Fsp3) is 0.929. The molecule has 0 saturated carbocycles. The molecule has 2 fully saturated rings. The molecule has 0 aromatic rings. The lowest BCUT2D eigenvalue weighted by Crippen LogP contribution is -2.41. The number of nitrogens with zero attached hydrogens (tertiary/aromatic N) is 2. The Balaban J connectivity index is 1.73. The summed E-state index contributed by atoms with van der Waals surface area (Å²) in [7, 11) is 4.11. The lowest BCUT2D eigenvalue weighted by atomic mass is 10.00. The van der Waals surface area contributed by atoms with E-state index < -0.39 is 0 Å². The molecule has 0 aromatic heterocycles. The van der Waals surface area contributed by atoms with E-state index in [2.05, 4.69) is 11.9 Å². The number of ether oxygens (including phenoxy) is 1. The maximum absolute atomic E-state index is 12.1. The van der Waals surface area contributed by atoms with Crippen molar-refractivity contribution in [1.82, 2.24) is 9.80 Å². The van der Waals surface area contributed by atoms with Gasteiger partial charge in [-0.15, -0.1) is 0 Å². The molecule has 2 atom stereocenters. The van der Waals surface area contributed by atoms with Gasteiger partial charge in [-0.1, -0.05) is 6.42 Å². The van der Waals surface area contributed by atoms with Crippen molar-refractivity contribution in [3.8, 4) is 0 Å². The molecular weight excluding hydrogens is 228 g/mol. The van der Waals surface area contributed by atoms with Gasteiger partial charge in [0.25, 0.3) is 5.91 Å². The first kappa shape index (κ1) is 13.8. The number of carbonyl (C=O) groups is 1. The van der Waals surface area contributed by atoms with E-state index in [0.29, 0.717) is 6.04 Å². The topological polar surface area (TPSA) is 32.8 Å². The summed E-state index contributed by atoms with van der Waals surface area (Å²) in [6.07, 6.45) is 6.77. The van der Waals surface area contributed by atoms with E-state index in [1.807, 2.05) is 11.9 Å². The molecule has 4 heteroatoms. The summed E-state index contributed by atoms with van der Waals surface area (Å²) in [5.41, 5.74) is 0. The van der Waals surface area contributed by atoms with E-state index in [9.17, 15) is 4.79 Å². The van der Waals surface area contributed by atoms with Gasteiger partial charge in [-0.05, 0) is 45.7 Å². The van der Waals surface area contributed by atoms with E-state index in [0.717, 1.165) is 32.4 Å². The summed E-state index contributed by atoms with van der Waals surface area (Å²) in [4.78, 5) is 16.4. The third kappa shape index (κ3) is 3.45. The maximum Gasteiger partial charge on any atom is 0.251 e. The predicted octanol–water partition coefficient (Wildman–Crippen LogP) is 1.50. The molecule has 0 spiro atoms. The van der Waals surface area contributed by atoms with Crippen LogP contribution in [0.5, 0.6) is 0 Å². The molecule has 2 aliphatic rings. The van der Waals surface area contributed by atoms with Gasteiger partial charge in [-0.2, -0.15) is 0 Å². The van der Waals surface area contributed by atoms with Gasteiger partial charge in [-0.3, -0.25) is 4.79 Å². The van der Waals surface area contributed by atoms with E-state index >= 15 is 0 Å². The highest BCUT2D eigenvalue weighted by Gasteiger charge is 2.27. The van der Waals surface area contributed by atoms with Crippen molar-refractivity contribution >= 4 is 5.91 Å². The summed E-state index contributed by atoms with van der Waals surface area (Å²) in [5.74, 6) is 0.172. The predicted molar refractivity (Wildman–Crippen MR) is 71.5 cm³/mol. The van der Waals surface area contributed by atoms with Crippen molar-refractivity contribution in [3.05, 3.63) is 0 Å². The van der Waals surface area contributed by atoms with Crippen LogP contribution in [0.2, 0.25) is 0 Å². The Bertz CT molecular complexity index is 277. The zero-order valence-electron chi connectivity index (χ0n) is 11.7. The van der Waals surface area contributed by atoms with Gasteiger partial charge in [0.1, 0.15) is 6.10 Å². The number of hydrogen-bond donors (Lipinski definition) is 0. The zero-order valence-corrected chi connectivity index (χ0v) is 11.7. The van der Waals surface area contributed by atoms with Crippen LogP contribution in [0.25, 0.3) is 0 Å². The minimum Gasteiger partial charge on any atom is -0.368 e. The molecule has 0 N–H and O–H groups in total. The van der Waals surface area contributed by atoms with Gasteiger partial charge >= 0.3 is 0 Å². The molecule has 4 nitrogen and oxygen atoms in total. The number of rotatable bonds is 4. The normalized spacial score (nSPS) is 29.4. The minimum absolute atomic E-state index is 0.168. The van der Waals surface area contributed by atoms with Gasteiger partial charge in [0.2, 0.25) is 0 Å². The van der Waals surface area contributed by atoms with Gasteiger partial charge in [-0.25, -0.2) is 0 Å². The van der Waals surface area contributed by atoms with Crippen LogP contribution < -0.4 is 0 Å². The van der Waals surface area contributed by atoms with E-state index in [-0.39, 0.29) is 12.0 Å². The summed E-state index contributed by atoms with van der Waals surface area (Å²) in [6, 6.07) is 0.651. The zero-order chi connectivity index (χ0) is 13.0. The highest BCUT2D eigenvalue weighted by molar-refractivity contribution is 5.80. The van der Waals surface area contributed by atoms with Crippen LogP contribution in [-0.4, -0.2) is 61.6 Å². The molecule has 2 saturated heterocycles. The fourth-order valence-corrected chi connectivity index (χ4v) is 2.98. The number of likely N-dealkylation sites (tertiary alicyclic amines) is 1. The molecule has 104 valence electrons. The Morgan fingerprint density at radius 1 is 1.33 bits per heavy atom. The van der Waals surface area contributed by atoms with Gasteiger partial charge in [0.05, 0.1) is 0 Å². The molecule has 1 amide bonds. The first-order valence-corrected chi connectivity index (χ1v) is 7.25. The van der Waals surface area contributed by atoms with E-state index in [1.54, 1.807) is 0 Å². The van der Waals surface area contributed by atoms with Crippen LogP contribution in [0.3, 0.4) is 0 Å². The van der Waals surface area contributed by atoms with Crippen molar-refractivity contribution in [3.63, 3.8) is 0 Å². The van der Waals surface area contributed by atoms with Crippen molar-refractivity contribution < 1.29 is 9.53 Å². The Hall–Kier alpha value is -0.610. The van der Waals surface area contributed by atoms with Crippen molar-refractivity contribution in [1.29, 1.82) is 0 Å². The minimum atomic E-state index is -0.168. The maximum atomic E-state index is 12.1. The molecule has 0 unspecified atom stereocenters. The second kappa shape index (κ2) is 6.53. The largest absolute Gasteiger partial charge is 0.368 e. The Kier molecular flexibility index (Phi) is 5.01. The first-order chi connectivity index (χ1) is 8.68. The van der Waals surface area contributed by atoms with Crippen LogP contribution in [0.15, 0.2) is 0 Å². The number of carbonyl (C=O) groups excluding carboxylic acids is 1. The monoisotopic (exact) mass is 254 g/mol. The number of piperidine rings is 1. The summed E-state index contributed by atoms with van der Waals surface area (Å²) < 4.78 is 5.45. The van der Waals surface area contributed by atoms with Crippen molar-refractivity contribution in [2.75, 3.05) is 33.8 Å². The molecule has 2 heterocycles. The fourth-order valence-electron chi connectivity index (χ4n) is 2.98. The molecule has 2 rings (SSSR count). The first-order valence-electron chi connectivity index (χ1n) is 7.25. The SMILES string of the molecule is CN(CC[C@H]1CCCCN1C)C(=O)[C@H]1CCCO1. The standard InChI is InChI=1S/C14H26N2O2/c1-15-9-4-3-6-12(15)8-10-16(2)14(17)13-7-5-11-18-13/h12-13H,3-11H2,1-2H3/t12-,13-/m1/s1. The highest BCUT2D eigenvalue weighted by atomic mass is 16.5. The molecule has 2 aliphatic heterocycles. The molecular formula is C14H26N2O2. The van der Waals surface area contributed by atoms with Gasteiger partial charge in [0, 0.05) is 26.2 Å². The summed E-state index contributed by atoms with van der Waals surface area (Å²) in [5, 5.41) is 0. The number of likely N-dealkylation sites (N-methyl/N-ethyl adjacent to an activating group) is 1. The molecule has 0 aromatic carbocycles. The quantitative estimate of drug-likeness (QED) is 0.762. The second-order valence-electron chi connectivity index (χ2n) is 5.68. The second-order valence-corrected chi connectivity index (χ2v) is 5.68. The van der Waals surface area contributed by atoms with Crippen molar-refractivity contribution in [2.45, 2.75) is 50.7 Å². The van der Waals surface area contributed by atoms with Crippen LogP contribution >= 0.6 is 0 Å². The van der Waals surface area contributed by atoms with E-state index in [1.165, 1.54) is 25.8 Å². The molecule has 18 heavy (non-hydrogen) atoms. The Morgan fingerprint density at radius 2 is 2.17 bits per heavy atom. The average Bonchev–Trinajstić information content (AvgIpc) is 2.90. The van der Waals surface area contributed by atoms with Crippen LogP contribution in [0.4, 0.5) is 0 Å². The highest BCUT2D eigenvalue weighted by Crippen LogP contribution is 2.19. The average molecular weight is 254 g/mol. The third-order valence-corrected chi connectivity index (χ3v) is 4.30. The number of hydrogen-bond acceptors (Lipinski definition) is 3. The lowest BCUT2D eigenvalue weighted by Gasteiger charge is -2.33. The lowest BCUT2D eigenvalue weighted by molar-refractivity contribution is -0.139. The van der Waals surface area contributed by atoms with Crippen LogP contribution in [-0.2, 0) is 9.53 Å². The smallest absolute Gasteiger partial charge is 0.251 e. The van der Waals surface area contributed by atoms with Crippen LogP contribution in [0.1, 0.15) is 38.5 Å². The van der Waals surface area contributed by atoms with Gasteiger partial charge < -0.3 is 14.5 Å². The van der Waals surface area contributed by atoms with Crippen LogP contribution in [0, 0.1) is 0 Å². The van der Waals surface area contributed by atoms with Gasteiger partial charge in [0.15, 0.2) is 0 Å².